The van der Waals surface area contributed by atoms with E-state index in [-0.39, 0.29) is 43.7 Å². The molecule has 2 aromatic rings. The highest BCUT2D eigenvalue weighted by molar-refractivity contribution is 6.30. The van der Waals surface area contributed by atoms with Gasteiger partial charge in [-0.2, -0.15) is 0 Å². The SMILES string of the molecule is CCOC(=O)COc1ccccc1C1CCCC(NC(CO)c2cccc(Cl)c2)C1.Cl. The molecule has 3 atom stereocenters. The Hall–Kier alpha value is -1.79. The average molecular weight is 468 g/mol. The molecule has 1 fully saturated rings. The molecule has 0 aromatic heterocycles. The molecule has 2 N–H and O–H groups in total. The van der Waals surface area contributed by atoms with Gasteiger partial charge in [-0.25, -0.2) is 4.79 Å². The number of ether oxygens (including phenoxy) is 2. The second-order valence-corrected chi connectivity index (χ2v) is 8.09. The van der Waals surface area contributed by atoms with Crippen LogP contribution < -0.4 is 10.1 Å². The van der Waals surface area contributed by atoms with Crippen LogP contribution in [-0.2, 0) is 9.53 Å². The molecule has 1 aliphatic rings. The highest BCUT2D eigenvalue weighted by atomic mass is 35.5. The van der Waals surface area contributed by atoms with Crippen molar-refractivity contribution in [3.63, 3.8) is 0 Å². The second-order valence-electron chi connectivity index (χ2n) is 7.65. The summed E-state index contributed by atoms with van der Waals surface area (Å²) in [5.41, 5.74) is 2.11. The van der Waals surface area contributed by atoms with Gasteiger partial charge in [0.1, 0.15) is 5.75 Å². The number of halogens is 2. The Balaban J connectivity index is 0.00000341. The zero-order chi connectivity index (χ0) is 21.3. The standard InChI is InChI=1S/C24H30ClNO4.ClH/c1-2-29-24(28)16-30-23-12-4-3-11-21(23)17-7-6-10-20(14-17)26-22(15-27)18-8-5-9-19(25)13-18;/h3-5,8-9,11-13,17,20,22,26-27H,2,6-7,10,14-16H2,1H3;1H. The molecular weight excluding hydrogens is 437 g/mol. The normalized spacial score (nSPS) is 19.2. The molecule has 170 valence electrons. The lowest BCUT2D eigenvalue weighted by Gasteiger charge is -2.33. The molecule has 0 aliphatic heterocycles. The van der Waals surface area contributed by atoms with Crippen LogP contribution in [0.3, 0.4) is 0 Å². The van der Waals surface area contributed by atoms with Crippen molar-refractivity contribution in [1.29, 1.82) is 0 Å². The van der Waals surface area contributed by atoms with E-state index in [0.717, 1.165) is 42.6 Å². The summed E-state index contributed by atoms with van der Waals surface area (Å²) >= 11 is 6.12. The van der Waals surface area contributed by atoms with Gasteiger partial charge >= 0.3 is 5.97 Å². The minimum atomic E-state index is -0.359. The van der Waals surface area contributed by atoms with Crippen molar-refractivity contribution in [2.45, 2.75) is 50.6 Å². The minimum absolute atomic E-state index is 0. The van der Waals surface area contributed by atoms with E-state index >= 15 is 0 Å². The predicted molar refractivity (Wildman–Crippen MR) is 125 cm³/mol. The summed E-state index contributed by atoms with van der Waals surface area (Å²) in [4.78, 5) is 11.7. The highest BCUT2D eigenvalue weighted by Gasteiger charge is 2.27. The maximum absolute atomic E-state index is 11.7. The van der Waals surface area contributed by atoms with Crippen molar-refractivity contribution >= 4 is 30.0 Å². The Kier molecular flexibility index (Phi) is 10.6. The number of rotatable bonds is 9. The molecule has 3 rings (SSSR count). The number of nitrogens with one attached hydrogen (secondary N) is 1. The third-order valence-electron chi connectivity index (χ3n) is 5.55. The summed E-state index contributed by atoms with van der Waals surface area (Å²) in [5.74, 6) is 0.709. The fourth-order valence-corrected chi connectivity index (χ4v) is 4.37. The maximum Gasteiger partial charge on any atom is 0.344 e. The largest absolute Gasteiger partial charge is 0.482 e. The van der Waals surface area contributed by atoms with Crippen molar-refractivity contribution in [2.24, 2.45) is 0 Å². The van der Waals surface area contributed by atoms with Crippen LogP contribution in [0, 0.1) is 0 Å². The monoisotopic (exact) mass is 467 g/mol. The van der Waals surface area contributed by atoms with E-state index in [2.05, 4.69) is 11.4 Å². The van der Waals surface area contributed by atoms with Gasteiger partial charge < -0.3 is 19.9 Å². The first-order valence-electron chi connectivity index (χ1n) is 10.6. The Morgan fingerprint density at radius 3 is 2.77 bits per heavy atom. The fraction of sp³-hybridized carbons (Fsp3) is 0.458. The summed E-state index contributed by atoms with van der Waals surface area (Å²) < 4.78 is 10.7. The smallest absolute Gasteiger partial charge is 0.344 e. The van der Waals surface area contributed by atoms with E-state index in [4.69, 9.17) is 21.1 Å². The van der Waals surface area contributed by atoms with Gasteiger partial charge in [-0.3, -0.25) is 0 Å². The molecule has 31 heavy (non-hydrogen) atoms. The van der Waals surface area contributed by atoms with E-state index in [0.29, 0.717) is 17.5 Å². The number of carbonyl (C=O) groups excluding carboxylic acids is 1. The first kappa shape index (κ1) is 25.5. The molecule has 1 saturated carbocycles. The summed E-state index contributed by atoms with van der Waals surface area (Å²) in [7, 11) is 0. The average Bonchev–Trinajstić information content (AvgIpc) is 2.76. The second kappa shape index (κ2) is 12.9. The first-order valence-corrected chi connectivity index (χ1v) is 11.0. The van der Waals surface area contributed by atoms with E-state index in [1.165, 1.54) is 0 Å². The van der Waals surface area contributed by atoms with Crippen LogP contribution in [0.1, 0.15) is 55.7 Å². The molecule has 0 amide bonds. The molecule has 0 bridgehead atoms. The van der Waals surface area contributed by atoms with Gasteiger partial charge in [-0.05, 0) is 61.4 Å². The van der Waals surface area contributed by atoms with Crippen molar-refractivity contribution in [3.8, 4) is 5.75 Å². The van der Waals surface area contributed by atoms with E-state index in [9.17, 15) is 9.90 Å². The molecule has 7 heteroatoms. The van der Waals surface area contributed by atoms with Crippen LogP contribution >= 0.6 is 24.0 Å². The predicted octanol–water partition coefficient (Wildman–Crippen LogP) is 5.05. The quantitative estimate of drug-likeness (QED) is 0.504. The van der Waals surface area contributed by atoms with Gasteiger partial charge in [-0.15, -0.1) is 12.4 Å². The fourth-order valence-electron chi connectivity index (χ4n) is 4.17. The Morgan fingerprint density at radius 1 is 1.23 bits per heavy atom. The number of esters is 1. The van der Waals surface area contributed by atoms with E-state index in [1.54, 1.807) is 6.92 Å². The summed E-state index contributed by atoms with van der Waals surface area (Å²) in [6.07, 6.45) is 4.15. The molecule has 0 radical (unpaired) electrons. The highest BCUT2D eigenvalue weighted by Crippen LogP contribution is 2.38. The van der Waals surface area contributed by atoms with Crippen LogP contribution in [0.5, 0.6) is 5.75 Å². The number of para-hydroxylation sites is 1. The van der Waals surface area contributed by atoms with E-state index < -0.39 is 0 Å². The maximum atomic E-state index is 11.7. The number of hydrogen-bond donors (Lipinski definition) is 2. The summed E-state index contributed by atoms with van der Waals surface area (Å²) in [6, 6.07) is 15.7. The number of benzene rings is 2. The van der Waals surface area contributed by atoms with Crippen LogP contribution in [-0.4, -0.2) is 36.9 Å². The van der Waals surface area contributed by atoms with Gasteiger partial charge in [0.15, 0.2) is 6.61 Å². The molecule has 0 saturated heterocycles. The molecule has 3 unspecified atom stereocenters. The Morgan fingerprint density at radius 2 is 2.03 bits per heavy atom. The lowest BCUT2D eigenvalue weighted by atomic mass is 9.80. The van der Waals surface area contributed by atoms with Gasteiger partial charge in [0.25, 0.3) is 0 Å². The van der Waals surface area contributed by atoms with Crippen LogP contribution in [0.25, 0.3) is 0 Å². The molecular formula is C24H31Cl2NO4. The van der Waals surface area contributed by atoms with Gasteiger partial charge in [0.2, 0.25) is 0 Å². The van der Waals surface area contributed by atoms with Crippen molar-refractivity contribution in [2.75, 3.05) is 19.8 Å². The van der Waals surface area contributed by atoms with Crippen molar-refractivity contribution < 1.29 is 19.4 Å². The summed E-state index contributed by atoms with van der Waals surface area (Å²) in [6.45, 7) is 2.06. The third-order valence-corrected chi connectivity index (χ3v) is 5.79. The third kappa shape index (κ3) is 7.39. The summed E-state index contributed by atoms with van der Waals surface area (Å²) in [5, 5.41) is 14.2. The number of aliphatic hydroxyl groups is 1. The van der Waals surface area contributed by atoms with Crippen molar-refractivity contribution in [3.05, 3.63) is 64.7 Å². The van der Waals surface area contributed by atoms with Gasteiger partial charge in [0, 0.05) is 11.1 Å². The zero-order valence-corrected chi connectivity index (χ0v) is 19.3. The van der Waals surface area contributed by atoms with Crippen LogP contribution in [0.15, 0.2) is 48.5 Å². The minimum Gasteiger partial charge on any atom is -0.482 e. The number of carbonyl (C=O) groups is 1. The number of aliphatic hydroxyl groups excluding tert-OH is 1. The van der Waals surface area contributed by atoms with Gasteiger partial charge in [-0.1, -0.05) is 48.4 Å². The van der Waals surface area contributed by atoms with E-state index in [1.807, 2.05) is 42.5 Å². The topological polar surface area (TPSA) is 67.8 Å². The zero-order valence-electron chi connectivity index (χ0n) is 17.8. The molecule has 1 aliphatic carbocycles. The lowest BCUT2D eigenvalue weighted by molar-refractivity contribution is -0.145. The van der Waals surface area contributed by atoms with Crippen molar-refractivity contribution in [1.82, 2.24) is 5.32 Å². The molecule has 5 nitrogen and oxygen atoms in total. The first-order chi connectivity index (χ1) is 14.6. The Bertz CT molecular complexity index is 833. The van der Waals surface area contributed by atoms with Crippen LogP contribution in [0.2, 0.25) is 5.02 Å². The molecule has 2 aromatic carbocycles. The molecule has 0 spiro atoms. The number of hydrogen-bond acceptors (Lipinski definition) is 5. The Labute approximate surface area is 195 Å². The van der Waals surface area contributed by atoms with Crippen LogP contribution in [0.4, 0.5) is 0 Å². The lowest BCUT2D eigenvalue weighted by Crippen LogP contribution is -2.37. The van der Waals surface area contributed by atoms with Gasteiger partial charge in [0.05, 0.1) is 19.3 Å². The molecule has 0 heterocycles.